The molecule has 4 aliphatic carbocycles. The highest BCUT2D eigenvalue weighted by molar-refractivity contribution is 5.77. The quantitative estimate of drug-likeness (QED) is 0.0407. The minimum absolute atomic E-state index is 0.0913. The van der Waals surface area contributed by atoms with E-state index in [9.17, 15) is 66.1 Å². The number of hydrogen-bond donors (Lipinski definition) is 13. The van der Waals surface area contributed by atoms with Gasteiger partial charge in [0.25, 0.3) is 0 Å². The number of fused-ring (bicyclic) bond motifs is 3. The number of rotatable bonds is 16. The molecular formula is C44H72O21. The largest absolute Gasteiger partial charge is 0.462 e. The fourth-order valence-corrected chi connectivity index (χ4v) is 13.0. The molecule has 13 N–H and O–H groups in total. The molecule has 7 fully saturated rings. The molecule has 21 nitrogen and oxygen atoms in total. The standard InChI is InChI=1S/C44H72O21/c1-20-14-43-10-5-27-41(2,8-4-9-42(27,3)40(58)60-18-25(51)30(53)29(52)23(49)16-47)28(43)6-11-44(20,19-43)65-39-36(64-37-34(57)31(54)24(50)17-59-37)35(33(56)26(62-39)7-12-45)63-38-32(55)22(48)13-21(15-46)61-38/h21-39,45-57H,1,4-19H2,2-3H3/t21-,22-,23+,24+,25-,26+,27-,28-,29+,30+,31-,32+,33+,34+,35-,36+,37-,38-,39-,41+,42+,43+,44-/m0/s1. The van der Waals surface area contributed by atoms with Crippen molar-refractivity contribution in [2.24, 2.45) is 28.1 Å². The van der Waals surface area contributed by atoms with E-state index < -0.39 is 154 Å². The maximum atomic E-state index is 14.0. The van der Waals surface area contributed by atoms with Crippen LogP contribution < -0.4 is 0 Å². The Labute approximate surface area is 377 Å². The fourth-order valence-electron chi connectivity index (χ4n) is 13.0. The summed E-state index contributed by atoms with van der Waals surface area (Å²) in [6, 6.07) is 0. The topological polar surface area (TPSA) is 345 Å². The van der Waals surface area contributed by atoms with E-state index in [0.717, 1.165) is 12.0 Å². The zero-order chi connectivity index (χ0) is 47.4. The number of carbonyl (C=O) groups is 1. The van der Waals surface area contributed by atoms with Crippen LogP contribution in [0.3, 0.4) is 0 Å². The molecule has 2 bridgehead atoms. The molecule has 21 heteroatoms. The van der Waals surface area contributed by atoms with Crippen LogP contribution >= 0.6 is 0 Å². The van der Waals surface area contributed by atoms with E-state index >= 15 is 0 Å². The maximum absolute atomic E-state index is 14.0. The predicted molar refractivity (Wildman–Crippen MR) is 218 cm³/mol. The molecule has 374 valence electrons. The summed E-state index contributed by atoms with van der Waals surface area (Å²) >= 11 is 0. The molecule has 23 atom stereocenters. The van der Waals surface area contributed by atoms with Gasteiger partial charge >= 0.3 is 5.97 Å². The third-order valence-corrected chi connectivity index (χ3v) is 16.4. The van der Waals surface area contributed by atoms with Crippen LogP contribution in [0.4, 0.5) is 0 Å². The van der Waals surface area contributed by atoms with Crippen molar-refractivity contribution in [3.05, 3.63) is 12.2 Å². The van der Waals surface area contributed by atoms with Crippen LogP contribution in [0, 0.1) is 28.1 Å². The van der Waals surface area contributed by atoms with Gasteiger partial charge in [0.2, 0.25) is 0 Å². The summed E-state index contributed by atoms with van der Waals surface area (Å²) in [7, 11) is 0. The van der Waals surface area contributed by atoms with E-state index in [1.54, 1.807) is 0 Å². The van der Waals surface area contributed by atoms with Gasteiger partial charge < -0.3 is 99.5 Å². The molecule has 0 amide bonds. The minimum Gasteiger partial charge on any atom is -0.462 e. The molecule has 0 aromatic carbocycles. The third kappa shape index (κ3) is 9.44. The zero-order valence-electron chi connectivity index (χ0n) is 37.1. The first-order chi connectivity index (χ1) is 30.7. The van der Waals surface area contributed by atoms with Crippen molar-refractivity contribution in [1.29, 1.82) is 0 Å². The van der Waals surface area contributed by atoms with Gasteiger partial charge in [0.05, 0.1) is 49.1 Å². The molecule has 3 saturated heterocycles. The normalized spacial score (nSPS) is 48.4. The van der Waals surface area contributed by atoms with Gasteiger partial charge in [-0.05, 0) is 93.0 Å². The highest BCUT2D eigenvalue weighted by atomic mass is 16.8. The molecule has 7 aliphatic rings. The number of aliphatic hydroxyl groups is 13. The molecular weight excluding hydrogens is 864 g/mol. The number of aliphatic hydroxyl groups excluding tert-OH is 13. The van der Waals surface area contributed by atoms with Crippen molar-refractivity contribution in [1.82, 2.24) is 0 Å². The smallest absolute Gasteiger partial charge is 0.312 e. The monoisotopic (exact) mass is 936 g/mol. The number of ether oxygens (including phenoxy) is 7. The Bertz CT molecular complexity index is 1640. The number of carbonyl (C=O) groups excluding carboxylic acids is 1. The summed E-state index contributed by atoms with van der Waals surface area (Å²) in [4.78, 5) is 14.0. The van der Waals surface area contributed by atoms with Gasteiger partial charge in [0.1, 0.15) is 73.8 Å². The van der Waals surface area contributed by atoms with Gasteiger partial charge in [0.15, 0.2) is 18.9 Å². The lowest BCUT2D eigenvalue weighted by atomic mass is 9.41. The first-order valence-corrected chi connectivity index (χ1v) is 23.1. The van der Waals surface area contributed by atoms with E-state index in [1.807, 2.05) is 6.92 Å². The first kappa shape index (κ1) is 51.3. The van der Waals surface area contributed by atoms with E-state index in [2.05, 4.69) is 13.5 Å². The Morgan fingerprint density at radius 3 is 2.17 bits per heavy atom. The Morgan fingerprint density at radius 1 is 0.785 bits per heavy atom. The number of hydrogen-bond acceptors (Lipinski definition) is 21. The van der Waals surface area contributed by atoms with Crippen LogP contribution in [0.25, 0.3) is 0 Å². The predicted octanol–water partition coefficient (Wildman–Crippen LogP) is -3.42. The van der Waals surface area contributed by atoms with E-state index in [1.165, 1.54) is 0 Å². The van der Waals surface area contributed by atoms with Crippen molar-refractivity contribution in [3.63, 3.8) is 0 Å². The lowest BCUT2D eigenvalue weighted by molar-refractivity contribution is -0.391. The second-order valence-electron chi connectivity index (χ2n) is 20.4. The highest BCUT2D eigenvalue weighted by Gasteiger charge is 2.69. The van der Waals surface area contributed by atoms with Crippen molar-refractivity contribution in [2.75, 3.05) is 33.0 Å². The average Bonchev–Trinajstić information content (AvgIpc) is 3.48. The molecule has 4 saturated carbocycles. The molecule has 0 unspecified atom stereocenters. The summed E-state index contributed by atoms with van der Waals surface area (Å²) in [5.41, 5.74) is -1.92. The lowest BCUT2D eigenvalue weighted by Crippen LogP contribution is -2.66. The zero-order valence-corrected chi connectivity index (χ0v) is 37.1. The first-order valence-electron chi connectivity index (χ1n) is 23.1. The molecule has 3 aliphatic heterocycles. The molecule has 3 heterocycles. The summed E-state index contributed by atoms with van der Waals surface area (Å²) < 4.78 is 43.0. The van der Waals surface area contributed by atoms with E-state index in [4.69, 9.17) is 38.3 Å². The summed E-state index contributed by atoms with van der Waals surface area (Å²) in [6.45, 7) is 5.78. The molecule has 7 rings (SSSR count). The van der Waals surface area contributed by atoms with Crippen molar-refractivity contribution < 1.29 is 104 Å². The van der Waals surface area contributed by atoms with Crippen LogP contribution in [-0.4, -0.2) is 215 Å². The molecule has 0 radical (unpaired) electrons. The molecule has 0 aromatic heterocycles. The maximum Gasteiger partial charge on any atom is 0.312 e. The van der Waals surface area contributed by atoms with Crippen molar-refractivity contribution in [2.45, 2.75) is 194 Å². The Hall–Kier alpha value is -1.55. The van der Waals surface area contributed by atoms with Gasteiger partial charge in [-0.15, -0.1) is 0 Å². The second kappa shape index (κ2) is 20.1. The summed E-state index contributed by atoms with van der Waals surface area (Å²) in [5.74, 6) is -0.586. The van der Waals surface area contributed by atoms with E-state index in [0.29, 0.717) is 51.4 Å². The minimum atomic E-state index is -1.88. The third-order valence-electron chi connectivity index (χ3n) is 16.4. The highest BCUT2D eigenvalue weighted by Crippen LogP contribution is 2.73. The Balaban J connectivity index is 1.13. The van der Waals surface area contributed by atoms with Crippen LogP contribution in [0.2, 0.25) is 0 Å². The summed E-state index contributed by atoms with van der Waals surface area (Å²) in [5, 5.41) is 135. The van der Waals surface area contributed by atoms with E-state index in [-0.39, 0.29) is 35.5 Å². The van der Waals surface area contributed by atoms with Crippen molar-refractivity contribution in [3.8, 4) is 0 Å². The Morgan fingerprint density at radius 2 is 1.48 bits per heavy atom. The van der Waals surface area contributed by atoms with Gasteiger partial charge in [-0.2, -0.15) is 0 Å². The van der Waals surface area contributed by atoms with Gasteiger partial charge in [-0.3, -0.25) is 4.79 Å². The van der Waals surface area contributed by atoms with Crippen LogP contribution in [0.15, 0.2) is 12.2 Å². The van der Waals surface area contributed by atoms with Gasteiger partial charge in [0, 0.05) is 13.0 Å². The lowest BCUT2D eigenvalue weighted by Gasteiger charge is -2.64. The SMILES string of the molecule is C=C1C[C@@]23CC[C@H]4[C@@](C)(CCC[C@@]4(C)C(=O)OC[C@H](O)[C@@H](O)[C@H](O)[C@H](O)CO)[C@@H]2CC[C@]1(O[C@@H]1O[C@H](CCO)[C@@H](O)[C@H](O[C@@H]2O[C@H](CO)C[C@H](O)[C@H]2O)[C@H]1O[C@@H]1OC[C@@H](O)[C@H](O)[C@H]1O)C3. The second-order valence-corrected chi connectivity index (χ2v) is 20.4. The molecule has 1 spiro atoms. The molecule has 0 aromatic rings. The van der Waals surface area contributed by atoms with Crippen LogP contribution in [-0.2, 0) is 38.0 Å². The van der Waals surface area contributed by atoms with Crippen LogP contribution in [0.1, 0.15) is 84.5 Å². The Kier molecular flexibility index (Phi) is 15.8. The van der Waals surface area contributed by atoms with Gasteiger partial charge in [-0.1, -0.05) is 19.9 Å². The number of esters is 1. The molecule has 65 heavy (non-hydrogen) atoms. The summed E-state index contributed by atoms with van der Waals surface area (Å²) in [6.07, 6.45) is -21.1. The fraction of sp³-hybridized carbons (Fsp3) is 0.932. The van der Waals surface area contributed by atoms with Crippen molar-refractivity contribution >= 4 is 5.97 Å². The average molecular weight is 937 g/mol. The van der Waals surface area contributed by atoms with Crippen LogP contribution in [0.5, 0.6) is 0 Å². The van der Waals surface area contributed by atoms with Gasteiger partial charge in [-0.25, -0.2) is 0 Å².